The normalized spacial score (nSPS) is 28.9. The van der Waals surface area contributed by atoms with Gasteiger partial charge in [0.1, 0.15) is 0 Å². The molecule has 1 rings (SSSR count). The molecule has 1 aliphatic heterocycles. The molecule has 0 aromatic heterocycles. The smallest absolute Gasteiger partial charge is 0.236 e. The summed E-state index contributed by atoms with van der Waals surface area (Å²) in [4.78, 5) is 14.1. The lowest BCUT2D eigenvalue weighted by Crippen LogP contribution is -2.50. The quantitative estimate of drug-likeness (QED) is 0.780. The zero-order chi connectivity index (χ0) is 11.6. The minimum atomic E-state index is -0.459. The van der Waals surface area contributed by atoms with E-state index in [0.29, 0.717) is 12.1 Å². The molecule has 0 spiro atoms. The summed E-state index contributed by atoms with van der Waals surface area (Å²) in [5.74, 6) is 0.0873. The summed E-state index contributed by atoms with van der Waals surface area (Å²) in [6, 6.07) is 0.892. The van der Waals surface area contributed by atoms with Crippen molar-refractivity contribution in [2.24, 2.45) is 0 Å². The van der Waals surface area contributed by atoms with Crippen molar-refractivity contribution in [1.29, 1.82) is 0 Å². The van der Waals surface area contributed by atoms with Gasteiger partial charge in [0.2, 0.25) is 5.91 Å². The second-order valence-electron chi connectivity index (χ2n) is 5.00. The number of piperidine rings is 1. The van der Waals surface area contributed by atoms with E-state index < -0.39 is 4.32 Å². The fraction of sp³-hybridized carbons (Fsp3) is 0.909. The van der Waals surface area contributed by atoms with Crippen molar-refractivity contribution in [3.63, 3.8) is 0 Å². The first-order valence-corrected chi connectivity index (χ1v) is 6.30. The maximum Gasteiger partial charge on any atom is 0.236 e. The van der Waals surface area contributed by atoms with Crippen molar-refractivity contribution in [2.75, 3.05) is 13.6 Å². The number of hydrogen-bond acceptors (Lipinski definition) is 2. The number of halogens is 1. The second-order valence-corrected chi connectivity index (χ2v) is 6.98. The van der Waals surface area contributed by atoms with Gasteiger partial charge in [-0.25, -0.2) is 0 Å². The van der Waals surface area contributed by atoms with Gasteiger partial charge in [-0.3, -0.25) is 4.79 Å². The SMILES string of the molecule is CC1CC(NC(=O)C(C)(C)Br)CCN1C. The average molecular weight is 277 g/mol. The molecular weight excluding hydrogens is 256 g/mol. The van der Waals surface area contributed by atoms with Crippen LogP contribution in [0.15, 0.2) is 0 Å². The lowest BCUT2D eigenvalue weighted by Gasteiger charge is -2.36. The Hall–Kier alpha value is -0.0900. The van der Waals surface area contributed by atoms with Crippen LogP contribution in [0.5, 0.6) is 0 Å². The highest BCUT2D eigenvalue weighted by Crippen LogP contribution is 2.19. The van der Waals surface area contributed by atoms with Crippen LogP contribution in [-0.2, 0) is 4.79 Å². The van der Waals surface area contributed by atoms with Crippen molar-refractivity contribution in [3.05, 3.63) is 0 Å². The number of hydrogen-bond donors (Lipinski definition) is 1. The molecule has 4 heteroatoms. The van der Waals surface area contributed by atoms with Crippen LogP contribution in [0.25, 0.3) is 0 Å². The van der Waals surface area contributed by atoms with E-state index in [4.69, 9.17) is 0 Å². The number of amides is 1. The van der Waals surface area contributed by atoms with E-state index in [-0.39, 0.29) is 5.91 Å². The van der Waals surface area contributed by atoms with E-state index >= 15 is 0 Å². The molecule has 0 saturated carbocycles. The molecule has 1 N–H and O–H groups in total. The van der Waals surface area contributed by atoms with Crippen molar-refractivity contribution < 1.29 is 4.79 Å². The zero-order valence-electron chi connectivity index (χ0n) is 10.0. The first kappa shape index (κ1) is 13.0. The summed E-state index contributed by atoms with van der Waals surface area (Å²) >= 11 is 3.38. The first-order valence-electron chi connectivity index (χ1n) is 5.51. The van der Waals surface area contributed by atoms with Gasteiger partial charge in [0, 0.05) is 18.6 Å². The van der Waals surface area contributed by atoms with Crippen molar-refractivity contribution >= 4 is 21.8 Å². The highest BCUT2D eigenvalue weighted by Gasteiger charge is 2.29. The third-order valence-electron chi connectivity index (χ3n) is 3.08. The predicted molar refractivity (Wildman–Crippen MR) is 66.3 cm³/mol. The van der Waals surface area contributed by atoms with Crippen LogP contribution >= 0.6 is 15.9 Å². The molecule has 1 heterocycles. The lowest BCUT2D eigenvalue weighted by molar-refractivity contribution is -0.123. The monoisotopic (exact) mass is 276 g/mol. The second kappa shape index (κ2) is 4.83. The van der Waals surface area contributed by atoms with Crippen LogP contribution in [-0.4, -0.2) is 40.8 Å². The highest BCUT2D eigenvalue weighted by molar-refractivity contribution is 9.10. The molecule has 1 amide bonds. The van der Waals surface area contributed by atoms with Crippen LogP contribution in [0.1, 0.15) is 33.6 Å². The molecule has 0 radical (unpaired) electrons. The van der Waals surface area contributed by atoms with Crippen molar-refractivity contribution in [1.82, 2.24) is 10.2 Å². The number of likely N-dealkylation sites (tertiary alicyclic amines) is 1. The van der Waals surface area contributed by atoms with Crippen LogP contribution in [0, 0.1) is 0 Å². The molecular formula is C11H21BrN2O. The fourth-order valence-electron chi connectivity index (χ4n) is 1.78. The molecule has 1 aliphatic rings. The summed E-state index contributed by atoms with van der Waals surface area (Å²) in [6.07, 6.45) is 2.10. The van der Waals surface area contributed by atoms with E-state index in [1.54, 1.807) is 0 Å². The van der Waals surface area contributed by atoms with Crippen LogP contribution in [0.4, 0.5) is 0 Å². The first-order chi connectivity index (χ1) is 6.80. The van der Waals surface area contributed by atoms with E-state index in [1.165, 1.54) is 0 Å². The number of rotatable bonds is 2. The van der Waals surface area contributed by atoms with E-state index in [1.807, 2.05) is 13.8 Å². The molecule has 2 atom stereocenters. The topological polar surface area (TPSA) is 32.3 Å². The fourth-order valence-corrected chi connectivity index (χ4v) is 1.89. The summed E-state index contributed by atoms with van der Waals surface area (Å²) < 4.78 is -0.459. The van der Waals surface area contributed by atoms with Crippen molar-refractivity contribution in [2.45, 2.75) is 50.0 Å². The number of nitrogens with one attached hydrogen (secondary N) is 1. The van der Waals surface area contributed by atoms with Gasteiger partial charge < -0.3 is 10.2 Å². The van der Waals surface area contributed by atoms with Crippen molar-refractivity contribution in [3.8, 4) is 0 Å². The van der Waals surface area contributed by atoms with E-state index in [0.717, 1.165) is 19.4 Å². The molecule has 3 nitrogen and oxygen atoms in total. The molecule has 2 unspecified atom stereocenters. The molecule has 0 aromatic carbocycles. The summed E-state index contributed by atoms with van der Waals surface area (Å²) in [5, 5.41) is 3.10. The van der Waals surface area contributed by atoms with Crippen LogP contribution < -0.4 is 5.32 Å². The molecule has 1 saturated heterocycles. The third kappa shape index (κ3) is 3.76. The average Bonchev–Trinajstić information content (AvgIpc) is 2.10. The minimum absolute atomic E-state index is 0.0873. The van der Waals surface area contributed by atoms with Gasteiger partial charge >= 0.3 is 0 Å². The Morgan fingerprint density at radius 2 is 2.13 bits per heavy atom. The highest BCUT2D eigenvalue weighted by atomic mass is 79.9. The molecule has 1 fully saturated rings. The summed E-state index contributed by atoms with van der Waals surface area (Å²) in [7, 11) is 2.14. The van der Waals surface area contributed by atoms with Gasteiger partial charge in [-0.15, -0.1) is 0 Å². The number of carbonyl (C=O) groups excluding carboxylic acids is 1. The van der Waals surface area contributed by atoms with Gasteiger partial charge in [0.05, 0.1) is 4.32 Å². The summed E-state index contributed by atoms with van der Waals surface area (Å²) in [6.45, 7) is 7.02. The zero-order valence-corrected chi connectivity index (χ0v) is 11.6. The number of alkyl halides is 1. The van der Waals surface area contributed by atoms with Crippen LogP contribution in [0.3, 0.4) is 0 Å². The Labute approximate surface area is 101 Å². The maximum absolute atomic E-state index is 11.7. The van der Waals surface area contributed by atoms with Gasteiger partial charge in [-0.1, -0.05) is 15.9 Å². The predicted octanol–water partition coefficient (Wildman–Crippen LogP) is 1.76. The lowest BCUT2D eigenvalue weighted by atomic mass is 9.98. The third-order valence-corrected chi connectivity index (χ3v) is 3.44. The Morgan fingerprint density at radius 1 is 1.53 bits per heavy atom. The molecule has 0 aliphatic carbocycles. The maximum atomic E-state index is 11.7. The van der Waals surface area contributed by atoms with Gasteiger partial charge in [0.15, 0.2) is 0 Å². The Balaban J connectivity index is 2.44. The molecule has 15 heavy (non-hydrogen) atoms. The molecule has 88 valence electrons. The van der Waals surface area contributed by atoms with Gasteiger partial charge in [-0.05, 0) is 40.7 Å². The number of carbonyl (C=O) groups is 1. The van der Waals surface area contributed by atoms with Gasteiger partial charge in [0.25, 0.3) is 0 Å². The van der Waals surface area contributed by atoms with Crippen LogP contribution in [0.2, 0.25) is 0 Å². The molecule has 0 aromatic rings. The van der Waals surface area contributed by atoms with E-state index in [9.17, 15) is 4.79 Å². The number of nitrogens with zero attached hydrogens (tertiary/aromatic N) is 1. The minimum Gasteiger partial charge on any atom is -0.352 e. The Morgan fingerprint density at radius 3 is 2.60 bits per heavy atom. The van der Waals surface area contributed by atoms with Gasteiger partial charge in [-0.2, -0.15) is 0 Å². The molecule has 0 bridgehead atoms. The summed E-state index contributed by atoms with van der Waals surface area (Å²) in [5.41, 5.74) is 0. The standard InChI is InChI=1S/C11H21BrN2O/c1-8-7-9(5-6-14(8)4)13-10(15)11(2,3)12/h8-9H,5-7H2,1-4H3,(H,13,15). The largest absolute Gasteiger partial charge is 0.352 e. The Kier molecular flexibility index (Phi) is 4.18. The van der Waals surface area contributed by atoms with E-state index in [2.05, 4.69) is 40.1 Å². The Bertz CT molecular complexity index is 237.